The maximum atomic E-state index is 13.2. The van der Waals surface area contributed by atoms with Gasteiger partial charge in [-0.3, -0.25) is 4.79 Å². The molecular weight excluding hydrogens is 358 g/mol. The summed E-state index contributed by atoms with van der Waals surface area (Å²) in [6.07, 6.45) is 0.700. The lowest BCUT2D eigenvalue weighted by atomic mass is 10.1. The Labute approximate surface area is 171 Å². The molecule has 146 valence electrons. The van der Waals surface area contributed by atoms with Crippen molar-refractivity contribution in [3.8, 4) is 0 Å². The van der Waals surface area contributed by atoms with Gasteiger partial charge in [0.25, 0.3) is 0 Å². The first-order valence-corrected chi connectivity index (χ1v) is 10.0. The van der Waals surface area contributed by atoms with Crippen molar-refractivity contribution in [1.82, 2.24) is 9.55 Å². The lowest BCUT2D eigenvalue weighted by molar-refractivity contribution is -0.119. The van der Waals surface area contributed by atoms with Crippen LogP contribution in [0.2, 0.25) is 0 Å². The molecule has 4 nitrogen and oxygen atoms in total. The number of amides is 1. The van der Waals surface area contributed by atoms with Gasteiger partial charge in [0, 0.05) is 18.7 Å². The van der Waals surface area contributed by atoms with Crippen LogP contribution in [0.5, 0.6) is 0 Å². The largest absolute Gasteiger partial charge is 0.318 e. The van der Waals surface area contributed by atoms with Crippen LogP contribution in [0.25, 0.3) is 11.0 Å². The number of carbonyl (C=O) groups is 1. The molecule has 1 amide bonds. The van der Waals surface area contributed by atoms with Crippen LogP contribution >= 0.6 is 0 Å². The van der Waals surface area contributed by atoms with Crippen LogP contribution in [0.1, 0.15) is 23.9 Å². The number of nitrogens with zero attached hydrogens (tertiary/aromatic N) is 3. The fourth-order valence-corrected chi connectivity index (χ4v) is 3.75. The number of hydrogen-bond donors (Lipinski definition) is 0. The number of hydrogen-bond acceptors (Lipinski definition) is 2. The SMILES string of the molecule is CCN(C(=O)Cn1c(Cc2ccccc2C)nc2ccccc21)c1ccccc1. The summed E-state index contributed by atoms with van der Waals surface area (Å²) in [5.74, 6) is 0.978. The number of aryl methyl sites for hydroxylation is 1. The maximum Gasteiger partial charge on any atom is 0.246 e. The Morgan fingerprint density at radius 2 is 1.62 bits per heavy atom. The van der Waals surface area contributed by atoms with Crippen molar-refractivity contribution in [2.45, 2.75) is 26.8 Å². The average molecular weight is 383 g/mol. The minimum Gasteiger partial charge on any atom is -0.318 e. The quantitative estimate of drug-likeness (QED) is 0.470. The topological polar surface area (TPSA) is 38.1 Å². The molecule has 0 spiro atoms. The van der Waals surface area contributed by atoms with Crippen LogP contribution in [-0.2, 0) is 17.8 Å². The number of rotatable bonds is 6. The van der Waals surface area contributed by atoms with Crippen LogP contribution < -0.4 is 4.90 Å². The standard InChI is InChI=1S/C25H25N3O/c1-3-27(21-13-5-4-6-14-21)25(29)18-28-23-16-10-9-15-22(23)26-24(28)17-20-12-8-7-11-19(20)2/h4-16H,3,17-18H2,1-2H3. The van der Waals surface area contributed by atoms with E-state index in [9.17, 15) is 4.79 Å². The predicted octanol–water partition coefficient (Wildman–Crippen LogP) is 4.99. The Bertz CT molecular complexity index is 1130. The van der Waals surface area contributed by atoms with E-state index in [2.05, 4.69) is 29.7 Å². The summed E-state index contributed by atoms with van der Waals surface area (Å²) >= 11 is 0. The third-order valence-electron chi connectivity index (χ3n) is 5.32. The highest BCUT2D eigenvalue weighted by Gasteiger charge is 2.19. The molecule has 0 N–H and O–H groups in total. The number of imidazole rings is 1. The number of likely N-dealkylation sites (N-methyl/N-ethyl adjacent to an activating group) is 1. The van der Waals surface area contributed by atoms with E-state index in [1.165, 1.54) is 11.1 Å². The van der Waals surface area contributed by atoms with E-state index >= 15 is 0 Å². The van der Waals surface area contributed by atoms with E-state index < -0.39 is 0 Å². The number of carbonyl (C=O) groups excluding carboxylic acids is 1. The fourth-order valence-electron chi connectivity index (χ4n) is 3.75. The Morgan fingerprint density at radius 3 is 2.38 bits per heavy atom. The summed E-state index contributed by atoms with van der Waals surface area (Å²) in [5.41, 5.74) is 5.30. The molecule has 1 aromatic heterocycles. The van der Waals surface area contributed by atoms with Crippen molar-refractivity contribution in [2.75, 3.05) is 11.4 Å². The van der Waals surface area contributed by atoms with Crippen LogP contribution in [0.3, 0.4) is 0 Å². The molecule has 0 bridgehead atoms. The van der Waals surface area contributed by atoms with E-state index in [0.29, 0.717) is 13.0 Å². The number of anilines is 1. The number of aromatic nitrogens is 2. The maximum absolute atomic E-state index is 13.2. The van der Waals surface area contributed by atoms with Gasteiger partial charge in [-0.1, -0.05) is 54.6 Å². The summed E-state index contributed by atoms with van der Waals surface area (Å²) in [6, 6.07) is 26.2. The van der Waals surface area contributed by atoms with Gasteiger partial charge in [0.2, 0.25) is 5.91 Å². The first kappa shape index (κ1) is 18.9. The minimum atomic E-state index is 0.0629. The molecule has 4 rings (SSSR count). The minimum absolute atomic E-state index is 0.0629. The Hall–Kier alpha value is -3.40. The zero-order valence-electron chi connectivity index (χ0n) is 16.9. The summed E-state index contributed by atoms with van der Waals surface area (Å²) < 4.78 is 2.07. The van der Waals surface area contributed by atoms with Crippen molar-refractivity contribution in [2.24, 2.45) is 0 Å². The van der Waals surface area contributed by atoms with E-state index in [0.717, 1.165) is 22.5 Å². The molecule has 0 aliphatic carbocycles. The Morgan fingerprint density at radius 1 is 0.931 bits per heavy atom. The molecule has 0 aliphatic heterocycles. The molecule has 0 aliphatic rings. The zero-order valence-corrected chi connectivity index (χ0v) is 16.9. The molecular formula is C25H25N3O. The van der Waals surface area contributed by atoms with Gasteiger partial charge in [-0.05, 0) is 49.2 Å². The molecule has 0 fully saturated rings. The lowest BCUT2D eigenvalue weighted by Gasteiger charge is -2.22. The van der Waals surface area contributed by atoms with Gasteiger partial charge in [0.1, 0.15) is 12.4 Å². The summed E-state index contributed by atoms with van der Waals surface area (Å²) in [4.78, 5) is 19.9. The van der Waals surface area contributed by atoms with Gasteiger partial charge in [-0.25, -0.2) is 4.98 Å². The highest BCUT2D eigenvalue weighted by Crippen LogP contribution is 2.21. The lowest BCUT2D eigenvalue weighted by Crippen LogP contribution is -2.34. The number of para-hydroxylation sites is 3. The van der Waals surface area contributed by atoms with Crippen molar-refractivity contribution < 1.29 is 4.79 Å². The van der Waals surface area contributed by atoms with Gasteiger partial charge < -0.3 is 9.47 Å². The Balaban J connectivity index is 1.70. The van der Waals surface area contributed by atoms with E-state index in [1.807, 2.05) is 72.5 Å². The van der Waals surface area contributed by atoms with Crippen LogP contribution in [0, 0.1) is 6.92 Å². The second kappa shape index (κ2) is 8.31. The summed E-state index contributed by atoms with van der Waals surface area (Å²) in [7, 11) is 0. The molecule has 0 atom stereocenters. The highest BCUT2D eigenvalue weighted by molar-refractivity contribution is 5.94. The van der Waals surface area contributed by atoms with Crippen LogP contribution in [-0.4, -0.2) is 22.0 Å². The van der Waals surface area contributed by atoms with Gasteiger partial charge >= 0.3 is 0 Å². The molecule has 29 heavy (non-hydrogen) atoms. The smallest absolute Gasteiger partial charge is 0.246 e. The van der Waals surface area contributed by atoms with Crippen molar-refractivity contribution in [3.05, 3.63) is 95.8 Å². The molecule has 0 saturated carbocycles. The van der Waals surface area contributed by atoms with Crippen molar-refractivity contribution in [3.63, 3.8) is 0 Å². The second-order valence-electron chi connectivity index (χ2n) is 7.18. The van der Waals surface area contributed by atoms with Gasteiger partial charge in [-0.15, -0.1) is 0 Å². The molecule has 1 heterocycles. The van der Waals surface area contributed by atoms with Gasteiger partial charge in [-0.2, -0.15) is 0 Å². The first-order chi connectivity index (χ1) is 14.2. The first-order valence-electron chi connectivity index (χ1n) is 10.0. The zero-order chi connectivity index (χ0) is 20.2. The third-order valence-corrected chi connectivity index (χ3v) is 5.32. The van der Waals surface area contributed by atoms with Crippen molar-refractivity contribution >= 4 is 22.6 Å². The summed E-state index contributed by atoms with van der Waals surface area (Å²) in [5, 5.41) is 0. The average Bonchev–Trinajstić information content (AvgIpc) is 3.08. The molecule has 0 radical (unpaired) electrons. The van der Waals surface area contributed by atoms with Crippen LogP contribution in [0.15, 0.2) is 78.9 Å². The van der Waals surface area contributed by atoms with Gasteiger partial charge in [0.15, 0.2) is 0 Å². The van der Waals surface area contributed by atoms with E-state index in [1.54, 1.807) is 0 Å². The number of benzene rings is 3. The monoisotopic (exact) mass is 383 g/mol. The predicted molar refractivity (Wildman–Crippen MR) is 118 cm³/mol. The summed E-state index contributed by atoms with van der Waals surface area (Å²) in [6.45, 7) is 5.01. The molecule has 4 heteroatoms. The third kappa shape index (κ3) is 3.92. The number of fused-ring (bicyclic) bond motifs is 1. The second-order valence-corrected chi connectivity index (χ2v) is 7.18. The Kier molecular flexibility index (Phi) is 5.43. The van der Waals surface area contributed by atoms with E-state index in [-0.39, 0.29) is 12.5 Å². The molecule has 4 aromatic rings. The van der Waals surface area contributed by atoms with Crippen LogP contribution in [0.4, 0.5) is 5.69 Å². The highest BCUT2D eigenvalue weighted by atomic mass is 16.2. The van der Waals surface area contributed by atoms with Gasteiger partial charge in [0.05, 0.1) is 11.0 Å². The molecule has 0 unspecified atom stereocenters. The van der Waals surface area contributed by atoms with E-state index in [4.69, 9.17) is 4.98 Å². The normalized spacial score (nSPS) is 11.0. The molecule has 0 saturated heterocycles. The fraction of sp³-hybridized carbons (Fsp3) is 0.200. The molecule has 3 aromatic carbocycles. The van der Waals surface area contributed by atoms with Crippen molar-refractivity contribution in [1.29, 1.82) is 0 Å².